The molecule has 0 aromatic heterocycles. The lowest BCUT2D eigenvalue weighted by Gasteiger charge is -2.11. The van der Waals surface area contributed by atoms with E-state index in [0.29, 0.717) is 0 Å². The van der Waals surface area contributed by atoms with Crippen molar-refractivity contribution in [1.82, 2.24) is 0 Å². The Morgan fingerprint density at radius 3 is 2.62 bits per heavy atom. The molecule has 0 aliphatic rings. The number of hydrogen-bond donors (Lipinski definition) is 1. The zero-order chi connectivity index (χ0) is 9.84. The van der Waals surface area contributed by atoms with Crippen LogP contribution >= 0.6 is 0 Å². The highest BCUT2D eigenvalue weighted by Gasteiger charge is 2.05. The zero-order valence-electron chi connectivity index (χ0n) is 8.31. The maximum atomic E-state index is 8.87. The van der Waals surface area contributed by atoms with Crippen molar-refractivity contribution in [2.24, 2.45) is 0 Å². The third kappa shape index (κ3) is 1.81. The standard InChI is InChI=1S/C11H14N2/c1-4-13-11-9(3)8(2)5-6-10(11)7-12/h5-6,13H,4H2,1-3H3. The minimum absolute atomic E-state index is 0.727. The van der Waals surface area contributed by atoms with E-state index in [2.05, 4.69) is 18.3 Å². The number of nitrogens with zero attached hydrogens (tertiary/aromatic N) is 1. The van der Waals surface area contributed by atoms with E-state index < -0.39 is 0 Å². The highest BCUT2D eigenvalue weighted by Crippen LogP contribution is 2.22. The first-order chi connectivity index (χ1) is 6.20. The Balaban J connectivity index is 3.26. The summed E-state index contributed by atoms with van der Waals surface area (Å²) < 4.78 is 0. The zero-order valence-corrected chi connectivity index (χ0v) is 8.31. The number of rotatable bonds is 2. The van der Waals surface area contributed by atoms with Crippen molar-refractivity contribution in [3.05, 3.63) is 28.8 Å². The lowest BCUT2D eigenvalue weighted by Crippen LogP contribution is -2.02. The first-order valence-electron chi connectivity index (χ1n) is 4.44. The average Bonchev–Trinajstić information content (AvgIpc) is 2.14. The molecule has 0 bridgehead atoms. The van der Waals surface area contributed by atoms with E-state index in [4.69, 9.17) is 5.26 Å². The van der Waals surface area contributed by atoms with Gasteiger partial charge in [0.05, 0.1) is 11.3 Å². The van der Waals surface area contributed by atoms with E-state index >= 15 is 0 Å². The summed E-state index contributed by atoms with van der Waals surface area (Å²) in [5, 5.41) is 12.1. The van der Waals surface area contributed by atoms with Crippen LogP contribution in [0.25, 0.3) is 0 Å². The molecule has 0 saturated carbocycles. The van der Waals surface area contributed by atoms with Gasteiger partial charge in [0.1, 0.15) is 6.07 Å². The van der Waals surface area contributed by atoms with E-state index in [-0.39, 0.29) is 0 Å². The Morgan fingerprint density at radius 2 is 2.08 bits per heavy atom. The summed E-state index contributed by atoms with van der Waals surface area (Å²) >= 11 is 0. The molecule has 0 fully saturated rings. The van der Waals surface area contributed by atoms with Crippen molar-refractivity contribution in [3.8, 4) is 6.07 Å². The minimum atomic E-state index is 0.727. The lowest BCUT2D eigenvalue weighted by molar-refractivity contribution is 1.18. The molecule has 0 atom stereocenters. The molecule has 0 saturated heterocycles. The first-order valence-corrected chi connectivity index (χ1v) is 4.44. The summed E-state index contributed by atoms with van der Waals surface area (Å²) in [6, 6.07) is 6.03. The first kappa shape index (κ1) is 9.60. The summed E-state index contributed by atoms with van der Waals surface area (Å²) in [5.74, 6) is 0. The number of aryl methyl sites for hydroxylation is 1. The van der Waals surface area contributed by atoms with Gasteiger partial charge in [0, 0.05) is 6.54 Å². The smallest absolute Gasteiger partial charge is 0.101 e. The molecule has 0 amide bonds. The van der Waals surface area contributed by atoms with Crippen molar-refractivity contribution < 1.29 is 0 Å². The van der Waals surface area contributed by atoms with Crippen LogP contribution in [0, 0.1) is 25.2 Å². The molecule has 0 radical (unpaired) electrons. The van der Waals surface area contributed by atoms with Crippen LogP contribution in [0.5, 0.6) is 0 Å². The van der Waals surface area contributed by atoms with Gasteiger partial charge in [0.25, 0.3) is 0 Å². The molecule has 0 aliphatic heterocycles. The third-order valence-corrected chi connectivity index (χ3v) is 2.21. The fourth-order valence-corrected chi connectivity index (χ4v) is 1.31. The number of nitrogens with one attached hydrogen (secondary N) is 1. The summed E-state index contributed by atoms with van der Waals surface area (Å²) in [5.41, 5.74) is 4.09. The van der Waals surface area contributed by atoms with E-state index in [1.54, 1.807) is 0 Å². The molecular weight excluding hydrogens is 160 g/mol. The molecule has 0 heterocycles. The topological polar surface area (TPSA) is 35.8 Å². The number of hydrogen-bond acceptors (Lipinski definition) is 2. The van der Waals surface area contributed by atoms with Gasteiger partial charge in [-0.05, 0) is 38.0 Å². The minimum Gasteiger partial charge on any atom is -0.384 e. The largest absolute Gasteiger partial charge is 0.384 e. The van der Waals surface area contributed by atoms with Crippen LogP contribution in [0.4, 0.5) is 5.69 Å². The molecule has 0 spiro atoms. The number of anilines is 1. The molecule has 68 valence electrons. The van der Waals surface area contributed by atoms with Crippen molar-refractivity contribution in [2.75, 3.05) is 11.9 Å². The predicted molar refractivity (Wildman–Crippen MR) is 54.8 cm³/mol. The van der Waals surface area contributed by atoms with Crippen LogP contribution in [0.1, 0.15) is 23.6 Å². The molecule has 1 aromatic carbocycles. The predicted octanol–water partition coefficient (Wildman–Crippen LogP) is 2.61. The quantitative estimate of drug-likeness (QED) is 0.748. The molecule has 0 unspecified atom stereocenters. The second kappa shape index (κ2) is 3.95. The summed E-state index contributed by atoms with van der Waals surface area (Å²) in [6.45, 7) is 6.97. The monoisotopic (exact) mass is 174 g/mol. The maximum absolute atomic E-state index is 8.87. The molecular formula is C11H14N2. The second-order valence-corrected chi connectivity index (χ2v) is 3.07. The van der Waals surface area contributed by atoms with E-state index in [0.717, 1.165) is 17.8 Å². The van der Waals surface area contributed by atoms with Gasteiger partial charge in [-0.15, -0.1) is 0 Å². The van der Waals surface area contributed by atoms with Gasteiger partial charge in [-0.1, -0.05) is 6.07 Å². The van der Waals surface area contributed by atoms with Gasteiger partial charge in [-0.25, -0.2) is 0 Å². The molecule has 2 heteroatoms. The second-order valence-electron chi connectivity index (χ2n) is 3.07. The van der Waals surface area contributed by atoms with Gasteiger partial charge < -0.3 is 5.32 Å². The maximum Gasteiger partial charge on any atom is 0.101 e. The Hall–Kier alpha value is -1.49. The Morgan fingerprint density at radius 1 is 1.38 bits per heavy atom. The van der Waals surface area contributed by atoms with Gasteiger partial charge in [-0.3, -0.25) is 0 Å². The van der Waals surface area contributed by atoms with Crippen LogP contribution in [-0.2, 0) is 0 Å². The Labute approximate surface area is 79.2 Å². The van der Waals surface area contributed by atoms with Gasteiger partial charge in [0.15, 0.2) is 0 Å². The average molecular weight is 174 g/mol. The number of benzene rings is 1. The van der Waals surface area contributed by atoms with Crippen LogP contribution in [0.3, 0.4) is 0 Å². The summed E-state index contributed by atoms with van der Waals surface area (Å²) in [4.78, 5) is 0. The van der Waals surface area contributed by atoms with Crippen LogP contribution in [0.2, 0.25) is 0 Å². The highest BCUT2D eigenvalue weighted by atomic mass is 14.9. The van der Waals surface area contributed by atoms with Crippen molar-refractivity contribution in [3.63, 3.8) is 0 Å². The lowest BCUT2D eigenvalue weighted by atomic mass is 10.0. The molecule has 1 N–H and O–H groups in total. The molecule has 0 aliphatic carbocycles. The highest BCUT2D eigenvalue weighted by molar-refractivity contribution is 5.64. The molecule has 1 rings (SSSR count). The van der Waals surface area contributed by atoms with Gasteiger partial charge >= 0.3 is 0 Å². The summed E-state index contributed by atoms with van der Waals surface area (Å²) in [7, 11) is 0. The van der Waals surface area contributed by atoms with Crippen LogP contribution in [-0.4, -0.2) is 6.54 Å². The molecule has 2 nitrogen and oxygen atoms in total. The van der Waals surface area contributed by atoms with Crippen molar-refractivity contribution >= 4 is 5.69 Å². The van der Waals surface area contributed by atoms with Crippen molar-refractivity contribution in [2.45, 2.75) is 20.8 Å². The van der Waals surface area contributed by atoms with E-state index in [9.17, 15) is 0 Å². The fourth-order valence-electron chi connectivity index (χ4n) is 1.31. The Kier molecular flexibility index (Phi) is 2.92. The van der Waals surface area contributed by atoms with E-state index in [1.165, 1.54) is 11.1 Å². The van der Waals surface area contributed by atoms with Crippen LogP contribution < -0.4 is 5.32 Å². The van der Waals surface area contributed by atoms with Gasteiger partial charge in [-0.2, -0.15) is 5.26 Å². The van der Waals surface area contributed by atoms with Gasteiger partial charge in [0.2, 0.25) is 0 Å². The molecule has 13 heavy (non-hydrogen) atoms. The Bertz CT molecular complexity index is 348. The number of nitriles is 1. The fraction of sp³-hybridized carbons (Fsp3) is 0.364. The van der Waals surface area contributed by atoms with Crippen molar-refractivity contribution in [1.29, 1.82) is 5.26 Å². The normalized spacial score (nSPS) is 9.38. The SMILES string of the molecule is CCNc1c(C#N)ccc(C)c1C. The van der Waals surface area contributed by atoms with E-state index in [1.807, 2.05) is 26.0 Å². The molecule has 1 aromatic rings. The third-order valence-electron chi connectivity index (χ3n) is 2.21. The van der Waals surface area contributed by atoms with Crippen LogP contribution in [0.15, 0.2) is 12.1 Å². The summed E-state index contributed by atoms with van der Waals surface area (Å²) in [6.07, 6.45) is 0.